The van der Waals surface area contributed by atoms with Gasteiger partial charge in [-0.2, -0.15) is 5.10 Å². The van der Waals surface area contributed by atoms with E-state index in [1.807, 2.05) is 41.8 Å². The minimum Gasteiger partial charge on any atom is -0.360 e. The van der Waals surface area contributed by atoms with Crippen molar-refractivity contribution >= 4 is 28.3 Å². The number of carbonyl (C=O) groups is 1. The number of para-hydroxylation sites is 1. The second kappa shape index (κ2) is 6.70. The highest BCUT2D eigenvalue weighted by molar-refractivity contribution is 5.92. The van der Waals surface area contributed by atoms with E-state index in [0.717, 1.165) is 40.9 Å². The van der Waals surface area contributed by atoms with E-state index in [0.29, 0.717) is 6.04 Å². The van der Waals surface area contributed by atoms with Gasteiger partial charge in [0.15, 0.2) is 5.65 Å². The molecule has 2 aromatic heterocycles. The lowest BCUT2D eigenvalue weighted by atomic mass is 9.95. The number of hydrogen-bond donors (Lipinski definition) is 2. The van der Waals surface area contributed by atoms with Gasteiger partial charge in [0.25, 0.3) is 0 Å². The maximum absolute atomic E-state index is 12.3. The Morgan fingerprint density at radius 2 is 2.04 bits per heavy atom. The van der Waals surface area contributed by atoms with Crippen LogP contribution in [0.5, 0.6) is 0 Å². The van der Waals surface area contributed by atoms with Crippen molar-refractivity contribution in [2.45, 2.75) is 45.1 Å². The normalized spacial score (nSPS) is 15.6. The molecule has 0 unspecified atom stereocenters. The van der Waals surface area contributed by atoms with Gasteiger partial charge in [-0.25, -0.2) is 9.50 Å². The third-order valence-electron chi connectivity index (χ3n) is 4.81. The molecule has 0 atom stereocenters. The van der Waals surface area contributed by atoms with Gasteiger partial charge < -0.3 is 10.6 Å². The zero-order valence-corrected chi connectivity index (χ0v) is 14.5. The fourth-order valence-corrected chi connectivity index (χ4v) is 3.60. The predicted molar refractivity (Wildman–Crippen MR) is 98.7 cm³/mol. The van der Waals surface area contributed by atoms with Gasteiger partial charge in [-0.15, -0.1) is 0 Å². The van der Waals surface area contributed by atoms with Gasteiger partial charge in [0.1, 0.15) is 5.82 Å². The summed E-state index contributed by atoms with van der Waals surface area (Å²) < 4.78 is 1.85. The molecule has 0 radical (unpaired) electrons. The number of carbonyl (C=O) groups excluding carboxylic acids is 1. The Labute approximate surface area is 146 Å². The van der Waals surface area contributed by atoms with Gasteiger partial charge in [0, 0.05) is 17.5 Å². The molecule has 1 aliphatic rings. The number of anilines is 1. The van der Waals surface area contributed by atoms with E-state index in [4.69, 9.17) is 0 Å². The molecule has 2 N–H and O–H groups in total. The summed E-state index contributed by atoms with van der Waals surface area (Å²) in [6.07, 6.45) is 5.89. The van der Waals surface area contributed by atoms with Crippen molar-refractivity contribution in [2.24, 2.45) is 0 Å². The van der Waals surface area contributed by atoms with Gasteiger partial charge in [-0.1, -0.05) is 31.4 Å². The number of aryl methyl sites for hydroxylation is 1. The molecule has 3 aromatic rings. The molecule has 1 fully saturated rings. The molecule has 4 rings (SSSR count). The van der Waals surface area contributed by atoms with E-state index in [1.54, 1.807) is 0 Å². The van der Waals surface area contributed by atoms with Crippen LogP contribution in [0, 0.1) is 6.92 Å². The van der Waals surface area contributed by atoms with Crippen molar-refractivity contribution in [3.63, 3.8) is 0 Å². The van der Waals surface area contributed by atoms with Gasteiger partial charge >= 0.3 is 0 Å². The molecule has 1 saturated carbocycles. The van der Waals surface area contributed by atoms with Crippen LogP contribution in [0.15, 0.2) is 30.3 Å². The van der Waals surface area contributed by atoms with Crippen molar-refractivity contribution in [3.8, 4) is 0 Å². The van der Waals surface area contributed by atoms with Crippen LogP contribution < -0.4 is 10.6 Å². The summed E-state index contributed by atoms with van der Waals surface area (Å²) >= 11 is 0. The number of hydrogen-bond acceptors (Lipinski definition) is 4. The van der Waals surface area contributed by atoms with E-state index in [9.17, 15) is 4.79 Å². The smallest absolute Gasteiger partial charge is 0.239 e. The topological polar surface area (TPSA) is 71.3 Å². The van der Waals surface area contributed by atoms with Crippen molar-refractivity contribution in [1.82, 2.24) is 19.9 Å². The molecular weight excluding hydrogens is 314 g/mol. The maximum atomic E-state index is 12.3. The van der Waals surface area contributed by atoms with Crippen LogP contribution in [-0.2, 0) is 4.79 Å². The van der Waals surface area contributed by atoms with Crippen LogP contribution in [0.4, 0.5) is 5.82 Å². The number of rotatable bonds is 4. The summed E-state index contributed by atoms with van der Waals surface area (Å²) in [6, 6.07) is 10.2. The highest BCUT2D eigenvalue weighted by atomic mass is 16.2. The molecule has 0 bridgehead atoms. The average molecular weight is 337 g/mol. The Hall–Kier alpha value is -2.63. The minimum atomic E-state index is 0.0299. The summed E-state index contributed by atoms with van der Waals surface area (Å²) in [5.41, 5.74) is 2.69. The van der Waals surface area contributed by atoms with Gasteiger partial charge in [-0.3, -0.25) is 4.79 Å². The first-order valence-electron chi connectivity index (χ1n) is 8.99. The molecule has 0 spiro atoms. The SMILES string of the molecule is Cc1cc2nc(NCC(=O)NC3CCCCC3)c3ccccc3n2n1. The fraction of sp³-hybridized carbons (Fsp3) is 0.421. The highest BCUT2D eigenvalue weighted by Gasteiger charge is 2.16. The molecule has 2 heterocycles. The molecule has 0 saturated heterocycles. The molecule has 130 valence electrons. The van der Waals surface area contributed by atoms with Crippen LogP contribution in [0.2, 0.25) is 0 Å². The predicted octanol–water partition coefficient (Wildman–Crippen LogP) is 3.05. The first-order chi connectivity index (χ1) is 12.2. The van der Waals surface area contributed by atoms with Gasteiger partial charge in [0.05, 0.1) is 17.8 Å². The van der Waals surface area contributed by atoms with E-state index < -0.39 is 0 Å². The van der Waals surface area contributed by atoms with E-state index in [2.05, 4.69) is 20.7 Å². The second-order valence-electron chi connectivity index (χ2n) is 6.79. The third kappa shape index (κ3) is 3.29. The van der Waals surface area contributed by atoms with Crippen LogP contribution >= 0.6 is 0 Å². The molecule has 6 heteroatoms. The molecule has 0 aliphatic heterocycles. The molecule has 1 aliphatic carbocycles. The lowest BCUT2D eigenvalue weighted by Gasteiger charge is -2.22. The average Bonchev–Trinajstić information content (AvgIpc) is 3.01. The zero-order chi connectivity index (χ0) is 17.2. The van der Waals surface area contributed by atoms with E-state index >= 15 is 0 Å². The second-order valence-corrected chi connectivity index (χ2v) is 6.79. The Morgan fingerprint density at radius 1 is 1.24 bits per heavy atom. The molecule has 25 heavy (non-hydrogen) atoms. The van der Waals surface area contributed by atoms with Crippen molar-refractivity contribution < 1.29 is 4.79 Å². The first kappa shape index (κ1) is 15.9. The summed E-state index contributed by atoms with van der Waals surface area (Å²) in [5, 5.41) is 11.8. The number of amides is 1. The largest absolute Gasteiger partial charge is 0.360 e. The fourth-order valence-electron chi connectivity index (χ4n) is 3.60. The summed E-state index contributed by atoms with van der Waals surface area (Å²) in [6.45, 7) is 2.19. The zero-order valence-electron chi connectivity index (χ0n) is 14.5. The number of aromatic nitrogens is 3. The molecule has 1 aromatic carbocycles. The van der Waals surface area contributed by atoms with Crippen LogP contribution in [0.1, 0.15) is 37.8 Å². The molecule has 6 nitrogen and oxygen atoms in total. The minimum absolute atomic E-state index is 0.0299. The first-order valence-corrected chi connectivity index (χ1v) is 8.99. The Kier molecular flexibility index (Phi) is 4.26. The number of fused-ring (bicyclic) bond motifs is 3. The Balaban J connectivity index is 1.54. The van der Waals surface area contributed by atoms with Gasteiger partial charge in [0.2, 0.25) is 5.91 Å². The Morgan fingerprint density at radius 3 is 2.88 bits per heavy atom. The molecule has 1 amide bonds. The summed E-state index contributed by atoms with van der Waals surface area (Å²) in [4.78, 5) is 16.9. The van der Waals surface area contributed by atoms with E-state index in [-0.39, 0.29) is 12.5 Å². The molecular formula is C19H23N5O. The van der Waals surface area contributed by atoms with Crippen molar-refractivity contribution in [2.75, 3.05) is 11.9 Å². The third-order valence-corrected chi connectivity index (χ3v) is 4.81. The number of nitrogens with zero attached hydrogens (tertiary/aromatic N) is 3. The van der Waals surface area contributed by atoms with Crippen LogP contribution in [-0.4, -0.2) is 33.1 Å². The van der Waals surface area contributed by atoms with Crippen molar-refractivity contribution in [3.05, 3.63) is 36.0 Å². The van der Waals surface area contributed by atoms with Crippen molar-refractivity contribution in [1.29, 1.82) is 0 Å². The van der Waals surface area contributed by atoms with Gasteiger partial charge in [-0.05, 0) is 31.9 Å². The summed E-state index contributed by atoms with van der Waals surface area (Å²) in [5.74, 6) is 0.754. The van der Waals surface area contributed by atoms with E-state index in [1.165, 1.54) is 19.3 Å². The lowest BCUT2D eigenvalue weighted by molar-refractivity contribution is -0.120. The number of benzene rings is 1. The number of nitrogens with one attached hydrogen (secondary N) is 2. The maximum Gasteiger partial charge on any atom is 0.239 e. The Bertz CT molecular complexity index is 911. The highest BCUT2D eigenvalue weighted by Crippen LogP contribution is 2.23. The quantitative estimate of drug-likeness (QED) is 0.767. The summed E-state index contributed by atoms with van der Waals surface area (Å²) in [7, 11) is 0. The lowest BCUT2D eigenvalue weighted by Crippen LogP contribution is -2.39. The van der Waals surface area contributed by atoms with Crippen LogP contribution in [0.3, 0.4) is 0 Å². The standard InChI is InChI=1S/C19H23N5O/c1-13-11-17-22-19(15-9-5-6-10-16(15)24(17)23-13)20-12-18(25)21-14-7-3-2-4-8-14/h5-6,9-11,14H,2-4,7-8,12H2,1H3,(H,20,22)(H,21,25). The van der Waals surface area contributed by atoms with Crippen LogP contribution in [0.25, 0.3) is 16.6 Å². The monoisotopic (exact) mass is 337 g/mol.